The molecule has 1 aliphatic heterocycles. The zero-order valence-corrected chi connectivity index (χ0v) is 38.6. The number of nitrogens with zero attached hydrogens (tertiary/aromatic N) is 2. The molecule has 0 amide bonds. The minimum absolute atomic E-state index is 0.246. The number of anilines is 5. The molecule has 0 spiro atoms. The van der Waals surface area contributed by atoms with E-state index < -0.39 is 0 Å². The van der Waals surface area contributed by atoms with Gasteiger partial charge in [0.2, 0.25) is 0 Å². The zero-order chi connectivity index (χ0) is 45.5. The predicted molar refractivity (Wildman–Crippen MR) is 288 cm³/mol. The molecule has 68 heavy (non-hydrogen) atoms. The van der Waals surface area contributed by atoms with E-state index in [2.05, 4.69) is 267 Å². The van der Waals surface area contributed by atoms with E-state index in [1.807, 2.05) is 0 Å². The topological polar surface area (TPSA) is 6.48 Å². The maximum atomic E-state index is 2.51. The molecule has 1 heterocycles. The van der Waals surface area contributed by atoms with Crippen LogP contribution in [0.4, 0.5) is 28.4 Å². The summed E-state index contributed by atoms with van der Waals surface area (Å²) in [4.78, 5) is 4.92. The third-order valence-corrected chi connectivity index (χ3v) is 15.0. The van der Waals surface area contributed by atoms with Gasteiger partial charge < -0.3 is 9.80 Å². The summed E-state index contributed by atoms with van der Waals surface area (Å²) in [5.74, 6) is 0.351. The monoisotopic (exact) mass is 870 g/mol. The van der Waals surface area contributed by atoms with Crippen molar-refractivity contribution in [2.24, 2.45) is 0 Å². The number of benzene rings is 10. The molecule has 0 bridgehead atoms. The SMILES string of the molecule is Cc1ccc2c(-c3cccc(-c4ccccc4)c3)c3ccccc3c(-c3ccc4c(c3)C(C)(C)c3cc(N(c5ccccc5)c5ccc(N6c7ccccc7C7C=CC=CC76)cc5)ccc3-4)c2c1. The number of aryl methyl sites for hydroxylation is 1. The smallest absolute Gasteiger partial charge is 0.0629 e. The molecule has 0 N–H and O–H groups in total. The van der Waals surface area contributed by atoms with Crippen molar-refractivity contribution in [1.82, 2.24) is 0 Å². The molecular weight excluding hydrogens is 821 g/mol. The second-order valence-electron chi connectivity index (χ2n) is 19.3. The van der Waals surface area contributed by atoms with Gasteiger partial charge in [-0.05, 0) is 156 Å². The van der Waals surface area contributed by atoms with Crippen molar-refractivity contribution in [3.05, 3.63) is 259 Å². The van der Waals surface area contributed by atoms with Gasteiger partial charge in [0.25, 0.3) is 0 Å². The van der Waals surface area contributed by atoms with Crippen molar-refractivity contribution in [2.45, 2.75) is 38.1 Å². The highest BCUT2D eigenvalue weighted by molar-refractivity contribution is 6.21. The van der Waals surface area contributed by atoms with Gasteiger partial charge in [0.1, 0.15) is 0 Å². The number of fused-ring (bicyclic) bond motifs is 8. The van der Waals surface area contributed by atoms with Crippen molar-refractivity contribution in [2.75, 3.05) is 9.80 Å². The van der Waals surface area contributed by atoms with Gasteiger partial charge in [0, 0.05) is 39.8 Å². The normalized spacial score (nSPS) is 16.1. The van der Waals surface area contributed by atoms with Crippen LogP contribution in [-0.2, 0) is 5.41 Å². The van der Waals surface area contributed by atoms with Gasteiger partial charge in [0.05, 0.1) is 6.04 Å². The van der Waals surface area contributed by atoms with E-state index in [0.717, 1.165) is 17.1 Å². The van der Waals surface area contributed by atoms with E-state index in [1.165, 1.54) is 99.7 Å². The molecule has 2 atom stereocenters. The van der Waals surface area contributed by atoms with Gasteiger partial charge >= 0.3 is 0 Å². The fraction of sp³-hybridized carbons (Fsp3) is 0.0909. The molecule has 2 heteroatoms. The fourth-order valence-corrected chi connectivity index (χ4v) is 11.8. The molecule has 0 saturated heterocycles. The lowest BCUT2D eigenvalue weighted by Gasteiger charge is -2.30. The lowest BCUT2D eigenvalue weighted by Crippen LogP contribution is -2.28. The first kappa shape index (κ1) is 40.1. The Morgan fingerprint density at radius 2 is 1.01 bits per heavy atom. The highest BCUT2D eigenvalue weighted by Gasteiger charge is 2.38. The van der Waals surface area contributed by atoms with Gasteiger partial charge in [-0.3, -0.25) is 0 Å². The van der Waals surface area contributed by atoms with Crippen LogP contribution in [0.5, 0.6) is 0 Å². The molecule has 2 unspecified atom stereocenters. The van der Waals surface area contributed by atoms with E-state index in [0.29, 0.717) is 5.92 Å². The third kappa shape index (κ3) is 6.32. The average molecular weight is 871 g/mol. The maximum absolute atomic E-state index is 2.51. The first-order valence-electron chi connectivity index (χ1n) is 24.0. The highest BCUT2D eigenvalue weighted by Crippen LogP contribution is 2.54. The van der Waals surface area contributed by atoms with Crippen LogP contribution in [0.15, 0.2) is 237 Å². The van der Waals surface area contributed by atoms with Gasteiger partial charge in [-0.25, -0.2) is 0 Å². The molecule has 10 aromatic rings. The van der Waals surface area contributed by atoms with E-state index in [-0.39, 0.29) is 11.5 Å². The standard InChI is InChI=1S/C66H50N2/c1-43-29-36-58-59(39-43)65(57-26-11-10-25-56(57)64(58)46-20-16-19-45(40-46)44-17-6-4-7-18-44)47-30-37-52-53-38-35-51(42-61(53)66(2,3)60(52)41-47)67(48-21-8-5-9-22-48)49-31-33-50(34-32-49)68-62-27-14-12-23-54(62)55-24-13-15-28-63(55)68/h4-42,54,62H,1-3H3. The molecule has 2 nitrogen and oxygen atoms in total. The Labute approximate surface area is 399 Å². The summed E-state index contributed by atoms with van der Waals surface area (Å²) < 4.78 is 0. The van der Waals surface area contributed by atoms with Gasteiger partial charge in [-0.2, -0.15) is 0 Å². The van der Waals surface area contributed by atoms with E-state index in [1.54, 1.807) is 0 Å². The maximum Gasteiger partial charge on any atom is 0.0629 e. The van der Waals surface area contributed by atoms with Gasteiger partial charge in [-0.15, -0.1) is 0 Å². The molecule has 324 valence electrons. The Bertz CT molecular complexity index is 3670. The first-order valence-corrected chi connectivity index (χ1v) is 24.0. The number of rotatable bonds is 7. The lowest BCUT2D eigenvalue weighted by molar-refractivity contribution is 0.660. The van der Waals surface area contributed by atoms with E-state index in [4.69, 9.17) is 0 Å². The summed E-state index contributed by atoms with van der Waals surface area (Å²) in [6, 6.07) is 79.3. The van der Waals surface area contributed by atoms with Crippen molar-refractivity contribution in [1.29, 1.82) is 0 Å². The second kappa shape index (κ2) is 15.7. The Balaban J connectivity index is 0.901. The van der Waals surface area contributed by atoms with Crippen LogP contribution in [0.1, 0.15) is 42.0 Å². The molecule has 0 fully saturated rings. The number of allylic oxidation sites excluding steroid dienone is 2. The van der Waals surface area contributed by atoms with Crippen molar-refractivity contribution >= 4 is 50.0 Å². The first-order chi connectivity index (χ1) is 33.4. The summed E-state index contributed by atoms with van der Waals surface area (Å²) in [6.45, 7) is 7.03. The summed E-state index contributed by atoms with van der Waals surface area (Å²) >= 11 is 0. The predicted octanol–water partition coefficient (Wildman–Crippen LogP) is 17.8. The van der Waals surface area contributed by atoms with E-state index in [9.17, 15) is 0 Å². The Morgan fingerprint density at radius 3 is 1.81 bits per heavy atom. The lowest BCUT2D eigenvalue weighted by atomic mass is 9.80. The average Bonchev–Trinajstić information content (AvgIpc) is 3.84. The molecule has 10 aromatic carbocycles. The van der Waals surface area contributed by atoms with Gasteiger partial charge in [0.15, 0.2) is 0 Å². The van der Waals surface area contributed by atoms with Crippen LogP contribution in [0.2, 0.25) is 0 Å². The minimum Gasteiger partial charge on any atom is -0.333 e. The highest BCUT2D eigenvalue weighted by atomic mass is 15.2. The van der Waals surface area contributed by atoms with Crippen LogP contribution in [-0.4, -0.2) is 6.04 Å². The Kier molecular flexibility index (Phi) is 9.27. The summed E-state index contributed by atoms with van der Waals surface area (Å²) in [5, 5.41) is 5.09. The quantitative estimate of drug-likeness (QED) is 0.147. The van der Waals surface area contributed by atoms with Crippen molar-refractivity contribution in [3.8, 4) is 44.5 Å². The molecule has 0 saturated carbocycles. The molecular formula is C66H50N2. The Morgan fingerprint density at radius 1 is 0.426 bits per heavy atom. The molecule has 0 aromatic heterocycles. The van der Waals surface area contributed by atoms with Crippen LogP contribution in [0.25, 0.3) is 66.1 Å². The van der Waals surface area contributed by atoms with Gasteiger partial charge in [-0.1, -0.05) is 189 Å². The molecule has 13 rings (SSSR count). The van der Waals surface area contributed by atoms with Crippen molar-refractivity contribution < 1.29 is 0 Å². The van der Waals surface area contributed by atoms with Crippen LogP contribution in [0.3, 0.4) is 0 Å². The number of hydrogen-bond acceptors (Lipinski definition) is 2. The largest absolute Gasteiger partial charge is 0.333 e. The molecule has 3 aliphatic rings. The van der Waals surface area contributed by atoms with Crippen LogP contribution < -0.4 is 9.80 Å². The summed E-state index contributed by atoms with van der Waals surface area (Å²) in [7, 11) is 0. The number of para-hydroxylation sites is 2. The number of hydrogen-bond donors (Lipinski definition) is 0. The third-order valence-electron chi connectivity index (χ3n) is 15.0. The van der Waals surface area contributed by atoms with Crippen LogP contribution >= 0.6 is 0 Å². The molecule has 0 radical (unpaired) electrons. The van der Waals surface area contributed by atoms with Crippen molar-refractivity contribution in [3.63, 3.8) is 0 Å². The summed E-state index contributed by atoms with van der Waals surface area (Å²) in [5.41, 5.74) is 21.1. The Hall–Kier alpha value is -8.20. The second-order valence-corrected chi connectivity index (χ2v) is 19.3. The fourth-order valence-electron chi connectivity index (χ4n) is 11.8. The molecule has 2 aliphatic carbocycles. The zero-order valence-electron chi connectivity index (χ0n) is 38.6. The van der Waals surface area contributed by atoms with Crippen LogP contribution in [0, 0.1) is 6.92 Å². The van der Waals surface area contributed by atoms with E-state index >= 15 is 0 Å². The summed E-state index contributed by atoms with van der Waals surface area (Å²) in [6.07, 6.45) is 9.07. The minimum atomic E-state index is -0.246.